The zero-order valence-electron chi connectivity index (χ0n) is 21.7. The average molecular weight is 508 g/mol. The summed E-state index contributed by atoms with van der Waals surface area (Å²) < 4.78 is 5.37. The molecule has 36 heavy (non-hydrogen) atoms. The van der Waals surface area contributed by atoms with E-state index in [1.54, 1.807) is 39.0 Å². The standard InChI is InChI=1S/C27H41NO8/c1-17(14-18(2)27(35)22(36-4)12-7-5-6-8-13-25(32)33)26(34)19(3)21(29)11-9-10-20-15-23(30)28-24(31)16-20/h7-8,12-14,18-20,22,26-27,34-35H,5-6,9-11,15-16H2,1-4H3,(H,32,33)(H,28,30,31)/b12-7+,13-8+,17-14+/t18-,19-,22+,26-,27+/m1/s1. The maximum absolute atomic E-state index is 12.6. The second kappa shape index (κ2) is 16.2. The molecule has 0 aromatic rings. The Bertz CT molecular complexity index is 831. The lowest BCUT2D eigenvalue weighted by atomic mass is 9.87. The van der Waals surface area contributed by atoms with E-state index < -0.39 is 30.2 Å². The lowest BCUT2D eigenvalue weighted by Gasteiger charge is -2.25. The minimum Gasteiger partial charge on any atom is -0.478 e. The highest BCUT2D eigenvalue weighted by atomic mass is 16.5. The lowest BCUT2D eigenvalue weighted by Crippen LogP contribution is -2.38. The molecule has 0 radical (unpaired) electrons. The molecule has 5 atom stereocenters. The number of carbonyl (C=O) groups is 4. The van der Waals surface area contributed by atoms with E-state index in [2.05, 4.69) is 5.32 Å². The Kier molecular flexibility index (Phi) is 14.1. The second-order valence-electron chi connectivity index (χ2n) is 9.54. The third-order valence-corrected chi connectivity index (χ3v) is 6.47. The first-order valence-electron chi connectivity index (χ1n) is 12.4. The number of carboxylic acids is 1. The van der Waals surface area contributed by atoms with Gasteiger partial charge in [0.25, 0.3) is 0 Å². The van der Waals surface area contributed by atoms with Crippen molar-refractivity contribution in [3.8, 4) is 0 Å². The zero-order valence-corrected chi connectivity index (χ0v) is 21.7. The van der Waals surface area contributed by atoms with Crippen LogP contribution in [0.3, 0.4) is 0 Å². The molecule has 0 aromatic heterocycles. The van der Waals surface area contributed by atoms with Crippen molar-refractivity contribution in [2.75, 3.05) is 7.11 Å². The molecule has 0 spiro atoms. The van der Waals surface area contributed by atoms with Crippen molar-refractivity contribution >= 4 is 23.6 Å². The summed E-state index contributed by atoms with van der Waals surface area (Å²) in [4.78, 5) is 46.0. The number of aliphatic carboxylic acids is 1. The number of methoxy groups -OCH3 is 1. The molecule has 9 nitrogen and oxygen atoms in total. The van der Waals surface area contributed by atoms with Gasteiger partial charge in [-0.05, 0) is 44.1 Å². The lowest BCUT2D eigenvalue weighted by molar-refractivity contribution is -0.135. The molecule has 1 fully saturated rings. The average Bonchev–Trinajstić information content (AvgIpc) is 2.81. The molecule has 0 bridgehead atoms. The van der Waals surface area contributed by atoms with Crippen LogP contribution in [0.25, 0.3) is 0 Å². The molecule has 9 heteroatoms. The highest BCUT2D eigenvalue weighted by Gasteiger charge is 2.27. The van der Waals surface area contributed by atoms with Gasteiger partial charge in [0.05, 0.1) is 12.2 Å². The fourth-order valence-electron chi connectivity index (χ4n) is 4.27. The van der Waals surface area contributed by atoms with Gasteiger partial charge < -0.3 is 20.1 Å². The zero-order chi connectivity index (χ0) is 27.3. The van der Waals surface area contributed by atoms with Crippen LogP contribution in [0.5, 0.6) is 0 Å². The first-order chi connectivity index (χ1) is 17.0. The summed E-state index contributed by atoms with van der Waals surface area (Å²) in [6, 6.07) is 0. The van der Waals surface area contributed by atoms with Crippen LogP contribution < -0.4 is 5.32 Å². The molecule has 0 saturated carbocycles. The van der Waals surface area contributed by atoms with Crippen LogP contribution >= 0.6 is 0 Å². The molecule has 1 aliphatic rings. The molecule has 0 unspecified atom stereocenters. The largest absolute Gasteiger partial charge is 0.478 e. The number of ketones is 1. The van der Waals surface area contributed by atoms with Crippen molar-refractivity contribution in [1.29, 1.82) is 0 Å². The van der Waals surface area contributed by atoms with Crippen LogP contribution in [0.15, 0.2) is 36.0 Å². The fourth-order valence-corrected chi connectivity index (χ4v) is 4.27. The molecule has 4 N–H and O–H groups in total. The van der Waals surface area contributed by atoms with Crippen LogP contribution in [-0.4, -0.2) is 64.3 Å². The molecular formula is C27H41NO8. The van der Waals surface area contributed by atoms with E-state index in [1.807, 2.05) is 6.08 Å². The quantitative estimate of drug-likeness (QED) is 0.108. The number of aliphatic hydroxyl groups excluding tert-OH is 2. The van der Waals surface area contributed by atoms with Gasteiger partial charge >= 0.3 is 5.97 Å². The van der Waals surface area contributed by atoms with Crippen molar-refractivity contribution in [3.05, 3.63) is 36.0 Å². The summed E-state index contributed by atoms with van der Waals surface area (Å²) in [7, 11) is 1.48. The van der Waals surface area contributed by atoms with E-state index >= 15 is 0 Å². The fraction of sp³-hybridized carbons (Fsp3) is 0.630. The Morgan fingerprint density at radius 2 is 1.72 bits per heavy atom. The van der Waals surface area contributed by atoms with Crippen LogP contribution in [0, 0.1) is 17.8 Å². The number of ether oxygens (including phenoxy) is 1. The van der Waals surface area contributed by atoms with Gasteiger partial charge in [0.1, 0.15) is 11.9 Å². The maximum Gasteiger partial charge on any atom is 0.327 e. The first kappa shape index (κ1) is 31.4. The number of allylic oxidation sites excluding steroid dienone is 2. The van der Waals surface area contributed by atoms with Crippen molar-refractivity contribution < 1.29 is 39.2 Å². The van der Waals surface area contributed by atoms with Gasteiger partial charge in [-0.1, -0.05) is 38.2 Å². The van der Waals surface area contributed by atoms with Crippen molar-refractivity contribution in [3.63, 3.8) is 0 Å². The summed E-state index contributed by atoms with van der Waals surface area (Å²) >= 11 is 0. The van der Waals surface area contributed by atoms with Gasteiger partial charge in [-0.15, -0.1) is 0 Å². The van der Waals surface area contributed by atoms with Gasteiger partial charge in [-0.25, -0.2) is 4.79 Å². The van der Waals surface area contributed by atoms with E-state index in [-0.39, 0.29) is 35.9 Å². The Morgan fingerprint density at radius 1 is 1.11 bits per heavy atom. The Balaban J connectivity index is 2.57. The van der Waals surface area contributed by atoms with Gasteiger partial charge in [0, 0.05) is 44.3 Å². The van der Waals surface area contributed by atoms with E-state index in [1.165, 1.54) is 7.11 Å². The number of Topliss-reactive ketones (excluding diaryl/α,β-unsaturated/α-hetero) is 1. The number of hydrogen-bond acceptors (Lipinski definition) is 7. The monoisotopic (exact) mass is 507 g/mol. The number of hydrogen-bond donors (Lipinski definition) is 4. The number of amides is 2. The molecule has 202 valence electrons. The number of rotatable bonds is 16. The summed E-state index contributed by atoms with van der Waals surface area (Å²) in [5.74, 6) is -2.68. The molecule has 1 saturated heterocycles. The van der Waals surface area contributed by atoms with Gasteiger partial charge in [0.15, 0.2) is 0 Å². The number of piperidine rings is 1. The molecule has 2 amide bonds. The number of carboxylic acid groups (broad SMARTS) is 1. The topological polar surface area (TPSA) is 150 Å². The van der Waals surface area contributed by atoms with Crippen molar-refractivity contribution in [2.24, 2.45) is 17.8 Å². The molecule has 0 aromatic carbocycles. The number of imide groups is 1. The SMILES string of the molecule is CO[C@@H](/C=C/CC/C=C/C(=O)O)[C@@H](O)[C@H](C)/C=C(\C)[C@@H](O)[C@H](C)C(=O)CCCC1CC(=O)NC(=O)C1. The predicted octanol–water partition coefficient (Wildman–Crippen LogP) is 2.71. The van der Waals surface area contributed by atoms with Crippen LogP contribution in [-0.2, 0) is 23.9 Å². The smallest absolute Gasteiger partial charge is 0.327 e. The summed E-state index contributed by atoms with van der Waals surface area (Å²) in [5, 5.41) is 32.3. The first-order valence-corrected chi connectivity index (χ1v) is 12.4. The third kappa shape index (κ3) is 11.4. The predicted molar refractivity (Wildman–Crippen MR) is 135 cm³/mol. The summed E-state index contributed by atoms with van der Waals surface area (Å²) in [6.45, 7) is 5.18. The number of aliphatic hydroxyl groups is 2. The Hall–Kier alpha value is -2.62. The van der Waals surface area contributed by atoms with Gasteiger partial charge in [-0.2, -0.15) is 0 Å². The van der Waals surface area contributed by atoms with Crippen molar-refractivity contribution in [1.82, 2.24) is 5.32 Å². The van der Waals surface area contributed by atoms with Crippen LogP contribution in [0.2, 0.25) is 0 Å². The second-order valence-corrected chi connectivity index (χ2v) is 9.54. The van der Waals surface area contributed by atoms with Crippen LogP contribution in [0.4, 0.5) is 0 Å². The van der Waals surface area contributed by atoms with Gasteiger partial charge in [-0.3, -0.25) is 19.7 Å². The number of carbonyl (C=O) groups excluding carboxylic acids is 3. The third-order valence-electron chi connectivity index (χ3n) is 6.47. The summed E-state index contributed by atoms with van der Waals surface area (Å²) in [5.41, 5.74) is 0.578. The molecule has 1 rings (SSSR count). The highest BCUT2D eigenvalue weighted by molar-refractivity contribution is 5.97. The summed E-state index contributed by atoms with van der Waals surface area (Å²) in [6.07, 6.45) is 8.60. The molecule has 1 aliphatic heterocycles. The normalized spacial score (nSPS) is 19.8. The number of nitrogens with one attached hydrogen (secondary N) is 1. The Morgan fingerprint density at radius 3 is 2.31 bits per heavy atom. The van der Waals surface area contributed by atoms with Crippen LogP contribution in [0.1, 0.15) is 65.7 Å². The minimum atomic E-state index is -0.994. The van der Waals surface area contributed by atoms with Gasteiger partial charge in [0.2, 0.25) is 11.8 Å². The Labute approximate surface area is 213 Å². The highest BCUT2D eigenvalue weighted by Crippen LogP contribution is 2.23. The molecule has 0 aliphatic carbocycles. The number of unbranched alkanes of at least 4 members (excludes halogenated alkanes) is 1. The van der Waals surface area contributed by atoms with E-state index in [0.29, 0.717) is 44.1 Å². The molecular weight excluding hydrogens is 466 g/mol. The van der Waals surface area contributed by atoms with E-state index in [0.717, 1.165) is 6.08 Å². The van der Waals surface area contributed by atoms with E-state index in [9.17, 15) is 29.4 Å². The molecule has 1 heterocycles. The van der Waals surface area contributed by atoms with Crippen molar-refractivity contribution in [2.45, 2.75) is 84.0 Å². The van der Waals surface area contributed by atoms with E-state index in [4.69, 9.17) is 9.84 Å². The minimum absolute atomic E-state index is 0.0489. The maximum atomic E-state index is 12.6.